The van der Waals surface area contributed by atoms with Crippen molar-refractivity contribution in [1.29, 1.82) is 0 Å². The first-order chi connectivity index (χ1) is 10.0. The molecule has 0 spiro atoms. The molecule has 1 aromatic carbocycles. The molecule has 1 aromatic rings. The van der Waals surface area contributed by atoms with E-state index in [0.29, 0.717) is 6.04 Å². The Bertz CT molecular complexity index is 465. The molecule has 6 heteroatoms. The van der Waals surface area contributed by atoms with Crippen LogP contribution in [0.5, 0.6) is 5.75 Å². The van der Waals surface area contributed by atoms with E-state index < -0.39 is 6.61 Å². The minimum absolute atomic E-state index is 0.0448. The highest BCUT2D eigenvalue weighted by molar-refractivity contribution is 5.78. The smallest absolute Gasteiger partial charge is 0.387 e. The normalized spacial score (nSPS) is 22.1. The van der Waals surface area contributed by atoms with Crippen LogP contribution in [-0.4, -0.2) is 31.1 Å². The molecule has 116 valence electrons. The highest BCUT2D eigenvalue weighted by atomic mass is 19.3. The lowest BCUT2D eigenvalue weighted by molar-refractivity contribution is -0.121. The van der Waals surface area contributed by atoms with Gasteiger partial charge in [0.15, 0.2) is 0 Å². The fourth-order valence-electron chi connectivity index (χ4n) is 2.52. The van der Waals surface area contributed by atoms with E-state index in [9.17, 15) is 13.6 Å². The second-order valence-electron chi connectivity index (χ2n) is 5.34. The van der Waals surface area contributed by atoms with Gasteiger partial charge in [0, 0.05) is 12.1 Å². The Kier molecular flexibility index (Phi) is 5.50. The summed E-state index contributed by atoms with van der Waals surface area (Å²) in [6.07, 6.45) is 2.09. The summed E-state index contributed by atoms with van der Waals surface area (Å²) in [6.45, 7) is 0.173. The van der Waals surface area contributed by atoms with E-state index >= 15 is 0 Å². The number of hydrogen-bond acceptors (Lipinski definition) is 3. The van der Waals surface area contributed by atoms with Gasteiger partial charge >= 0.3 is 6.61 Å². The standard InChI is InChI=1S/C15H20F2N2O2/c1-10-8-12(6-7-18-10)19-14(20)9-11-2-4-13(5-3-11)21-15(16)17/h2-5,10,12,15,18H,6-9H2,1H3,(H,19,20). The zero-order valence-corrected chi connectivity index (χ0v) is 11.9. The van der Waals surface area contributed by atoms with Crippen molar-refractivity contribution in [2.45, 2.75) is 44.9 Å². The van der Waals surface area contributed by atoms with Crippen LogP contribution in [0.2, 0.25) is 0 Å². The Balaban J connectivity index is 1.82. The largest absolute Gasteiger partial charge is 0.435 e. The number of amides is 1. The summed E-state index contributed by atoms with van der Waals surface area (Å²) in [4.78, 5) is 12.0. The van der Waals surface area contributed by atoms with Crippen LogP contribution in [-0.2, 0) is 11.2 Å². The molecule has 1 heterocycles. The number of carbonyl (C=O) groups is 1. The molecule has 1 aliphatic rings. The minimum Gasteiger partial charge on any atom is -0.435 e. The first-order valence-corrected chi connectivity index (χ1v) is 7.09. The Labute approximate surface area is 122 Å². The molecule has 21 heavy (non-hydrogen) atoms. The van der Waals surface area contributed by atoms with Crippen molar-refractivity contribution in [2.75, 3.05) is 6.54 Å². The Morgan fingerprint density at radius 1 is 1.43 bits per heavy atom. The van der Waals surface area contributed by atoms with Crippen LogP contribution in [0.3, 0.4) is 0 Å². The van der Waals surface area contributed by atoms with Crippen molar-refractivity contribution in [3.8, 4) is 5.75 Å². The van der Waals surface area contributed by atoms with Crippen molar-refractivity contribution in [3.05, 3.63) is 29.8 Å². The highest BCUT2D eigenvalue weighted by Gasteiger charge is 2.19. The number of carbonyl (C=O) groups excluding carboxylic acids is 1. The fourth-order valence-corrected chi connectivity index (χ4v) is 2.52. The van der Waals surface area contributed by atoms with E-state index in [0.717, 1.165) is 24.9 Å². The summed E-state index contributed by atoms with van der Waals surface area (Å²) in [5, 5.41) is 6.34. The van der Waals surface area contributed by atoms with E-state index in [-0.39, 0.29) is 24.1 Å². The molecule has 0 saturated carbocycles. The first kappa shape index (κ1) is 15.7. The van der Waals surface area contributed by atoms with Crippen molar-refractivity contribution in [2.24, 2.45) is 0 Å². The van der Waals surface area contributed by atoms with E-state index in [1.54, 1.807) is 12.1 Å². The van der Waals surface area contributed by atoms with Gasteiger partial charge in [-0.05, 0) is 44.0 Å². The number of nitrogens with one attached hydrogen (secondary N) is 2. The third-order valence-electron chi connectivity index (χ3n) is 3.50. The number of ether oxygens (including phenoxy) is 1. The van der Waals surface area contributed by atoms with E-state index in [4.69, 9.17) is 0 Å². The van der Waals surface area contributed by atoms with Gasteiger partial charge in [0.2, 0.25) is 5.91 Å². The molecule has 0 bridgehead atoms. The Hall–Kier alpha value is -1.69. The zero-order valence-electron chi connectivity index (χ0n) is 11.9. The van der Waals surface area contributed by atoms with E-state index in [1.807, 2.05) is 0 Å². The lowest BCUT2D eigenvalue weighted by atomic mass is 10.0. The van der Waals surface area contributed by atoms with Gasteiger partial charge in [-0.25, -0.2) is 0 Å². The molecule has 1 amide bonds. The summed E-state index contributed by atoms with van der Waals surface area (Å²) in [5.74, 6) is 0.0537. The van der Waals surface area contributed by atoms with Crippen LogP contribution in [0.1, 0.15) is 25.3 Å². The van der Waals surface area contributed by atoms with Crippen molar-refractivity contribution >= 4 is 5.91 Å². The topological polar surface area (TPSA) is 50.4 Å². The van der Waals surface area contributed by atoms with Crippen molar-refractivity contribution in [3.63, 3.8) is 0 Å². The second kappa shape index (κ2) is 7.36. The first-order valence-electron chi connectivity index (χ1n) is 7.09. The van der Waals surface area contributed by atoms with Gasteiger partial charge in [-0.1, -0.05) is 12.1 Å². The molecule has 0 radical (unpaired) electrons. The summed E-state index contributed by atoms with van der Waals surface area (Å²) >= 11 is 0. The summed E-state index contributed by atoms with van der Waals surface area (Å²) in [6, 6.07) is 6.76. The quantitative estimate of drug-likeness (QED) is 0.875. The van der Waals surface area contributed by atoms with Crippen LogP contribution in [0.4, 0.5) is 8.78 Å². The van der Waals surface area contributed by atoms with Gasteiger partial charge in [0.1, 0.15) is 5.75 Å². The molecule has 0 aliphatic carbocycles. The SMILES string of the molecule is CC1CC(NC(=O)Cc2ccc(OC(F)F)cc2)CCN1. The Morgan fingerprint density at radius 2 is 2.14 bits per heavy atom. The molecule has 4 nitrogen and oxygen atoms in total. The molecular weight excluding hydrogens is 278 g/mol. The Morgan fingerprint density at radius 3 is 2.76 bits per heavy atom. The van der Waals surface area contributed by atoms with Crippen LogP contribution in [0, 0.1) is 0 Å². The second-order valence-corrected chi connectivity index (χ2v) is 5.34. The maximum absolute atomic E-state index is 12.0. The number of halogens is 2. The molecular formula is C15H20F2N2O2. The molecule has 2 N–H and O–H groups in total. The zero-order chi connectivity index (χ0) is 15.2. The number of hydrogen-bond donors (Lipinski definition) is 2. The fraction of sp³-hybridized carbons (Fsp3) is 0.533. The molecule has 2 rings (SSSR count). The predicted molar refractivity (Wildman–Crippen MR) is 75.4 cm³/mol. The number of piperidine rings is 1. The monoisotopic (exact) mass is 298 g/mol. The van der Waals surface area contributed by atoms with E-state index in [1.165, 1.54) is 12.1 Å². The van der Waals surface area contributed by atoms with Gasteiger partial charge < -0.3 is 15.4 Å². The third-order valence-corrected chi connectivity index (χ3v) is 3.50. The van der Waals surface area contributed by atoms with Crippen LogP contribution >= 0.6 is 0 Å². The number of alkyl halides is 2. The van der Waals surface area contributed by atoms with E-state index in [2.05, 4.69) is 22.3 Å². The molecule has 1 aliphatic heterocycles. The third kappa shape index (κ3) is 5.30. The maximum Gasteiger partial charge on any atom is 0.387 e. The molecule has 2 unspecified atom stereocenters. The van der Waals surface area contributed by atoms with Crippen LogP contribution in [0.15, 0.2) is 24.3 Å². The average Bonchev–Trinajstić information content (AvgIpc) is 2.40. The van der Waals surface area contributed by atoms with Gasteiger partial charge in [-0.3, -0.25) is 4.79 Å². The van der Waals surface area contributed by atoms with Gasteiger partial charge in [-0.2, -0.15) is 8.78 Å². The lowest BCUT2D eigenvalue weighted by Crippen LogP contribution is -2.46. The van der Waals surface area contributed by atoms with Crippen LogP contribution in [0.25, 0.3) is 0 Å². The predicted octanol–water partition coefficient (Wildman–Crippen LogP) is 2.09. The van der Waals surface area contributed by atoms with Crippen LogP contribution < -0.4 is 15.4 Å². The van der Waals surface area contributed by atoms with Gasteiger partial charge in [-0.15, -0.1) is 0 Å². The molecule has 1 fully saturated rings. The van der Waals surface area contributed by atoms with Gasteiger partial charge in [0.05, 0.1) is 6.42 Å². The average molecular weight is 298 g/mol. The molecule has 0 aromatic heterocycles. The highest BCUT2D eigenvalue weighted by Crippen LogP contribution is 2.15. The number of rotatable bonds is 5. The molecule has 2 atom stereocenters. The molecule has 1 saturated heterocycles. The summed E-state index contributed by atoms with van der Waals surface area (Å²) in [5.41, 5.74) is 0.774. The minimum atomic E-state index is -2.83. The maximum atomic E-state index is 12.0. The van der Waals surface area contributed by atoms with Gasteiger partial charge in [0.25, 0.3) is 0 Å². The summed E-state index contributed by atoms with van der Waals surface area (Å²) in [7, 11) is 0. The lowest BCUT2D eigenvalue weighted by Gasteiger charge is -2.28. The van der Waals surface area contributed by atoms with Crippen molar-refractivity contribution < 1.29 is 18.3 Å². The summed E-state index contributed by atoms with van der Waals surface area (Å²) < 4.78 is 28.3. The number of benzene rings is 1. The van der Waals surface area contributed by atoms with Crippen molar-refractivity contribution in [1.82, 2.24) is 10.6 Å².